The molecule has 0 N–H and O–H groups in total. The fourth-order valence-electron chi connectivity index (χ4n) is 1.45. The molecule has 0 aliphatic rings. The maximum atomic E-state index is 8.73. The SMILES string of the molecule is CCn1nc(Cl)c2cc(C#N)ccc21. The lowest BCUT2D eigenvalue weighted by molar-refractivity contribution is 0.684. The van der Waals surface area contributed by atoms with Crippen molar-refractivity contribution < 1.29 is 0 Å². The molecule has 0 saturated carbocycles. The third kappa shape index (κ3) is 1.24. The van der Waals surface area contributed by atoms with Crippen LogP contribution in [-0.4, -0.2) is 9.78 Å². The number of benzene rings is 1. The van der Waals surface area contributed by atoms with Crippen LogP contribution >= 0.6 is 11.6 Å². The van der Waals surface area contributed by atoms with Gasteiger partial charge in [-0.2, -0.15) is 10.4 Å². The van der Waals surface area contributed by atoms with Crippen LogP contribution in [0.15, 0.2) is 18.2 Å². The largest absolute Gasteiger partial charge is 0.264 e. The summed E-state index contributed by atoms with van der Waals surface area (Å²) in [6, 6.07) is 7.48. The lowest BCUT2D eigenvalue weighted by Crippen LogP contribution is -1.95. The second-order valence-corrected chi connectivity index (χ2v) is 3.31. The molecule has 3 nitrogen and oxygen atoms in total. The van der Waals surface area contributed by atoms with Gasteiger partial charge in [0.05, 0.1) is 17.1 Å². The molecule has 1 aromatic carbocycles. The standard InChI is InChI=1S/C10H8ClN3/c1-2-14-9-4-3-7(6-12)5-8(9)10(11)13-14/h3-5H,2H2,1H3. The van der Waals surface area contributed by atoms with Crippen molar-refractivity contribution in [2.24, 2.45) is 0 Å². The number of aryl methyl sites for hydroxylation is 1. The number of rotatable bonds is 1. The number of hydrogen-bond acceptors (Lipinski definition) is 2. The van der Waals surface area contributed by atoms with Crippen molar-refractivity contribution in [3.63, 3.8) is 0 Å². The highest BCUT2D eigenvalue weighted by molar-refractivity contribution is 6.34. The fourth-order valence-corrected chi connectivity index (χ4v) is 1.69. The molecule has 2 aromatic rings. The minimum absolute atomic E-state index is 0.457. The van der Waals surface area contributed by atoms with Crippen LogP contribution in [0.1, 0.15) is 12.5 Å². The molecule has 0 fully saturated rings. The summed E-state index contributed by atoms with van der Waals surface area (Å²) in [5, 5.41) is 14.2. The average molecular weight is 206 g/mol. The summed E-state index contributed by atoms with van der Waals surface area (Å²) in [5.74, 6) is 0. The minimum atomic E-state index is 0.457. The van der Waals surface area contributed by atoms with Crippen molar-refractivity contribution in [1.82, 2.24) is 9.78 Å². The second kappa shape index (κ2) is 3.32. The maximum absolute atomic E-state index is 8.73. The molecule has 1 aromatic heterocycles. The van der Waals surface area contributed by atoms with Gasteiger partial charge in [-0.1, -0.05) is 11.6 Å². The van der Waals surface area contributed by atoms with E-state index in [-0.39, 0.29) is 0 Å². The van der Waals surface area contributed by atoms with Gasteiger partial charge >= 0.3 is 0 Å². The predicted molar refractivity (Wildman–Crippen MR) is 55.1 cm³/mol. The summed E-state index contributed by atoms with van der Waals surface area (Å²) >= 11 is 5.94. The molecule has 0 amide bonds. The monoisotopic (exact) mass is 205 g/mol. The summed E-state index contributed by atoms with van der Waals surface area (Å²) in [7, 11) is 0. The molecule has 4 heteroatoms. The van der Waals surface area contributed by atoms with Gasteiger partial charge in [-0.3, -0.25) is 4.68 Å². The van der Waals surface area contributed by atoms with Crippen molar-refractivity contribution in [3.05, 3.63) is 28.9 Å². The first-order valence-corrected chi connectivity index (χ1v) is 4.70. The summed E-state index contributed by atoms with van der Waals surface area (Å²) in [5.41, 5.74) is 1.58. The zero-order valence-corrected chi connectivity index (χ0v) is 8.41. The molecule has 0 bridgehead atoms. The van der Waals surface area contributed by atoms with Gasteiger partial charge < -0.3 is 0 Å². The van der Waals surface area contributed by atoms with E-state index < -0.39 is 0 Å². The van der Waals surface area contributed by atoms with E-state index in [1.54, 1.807) is 12.1 Å². The van der Waals surface area contributed by atoms with Gasteiger partial charge in [0.15, 0.2) is 5.15 Å². The molecule has 0 aliphatic heterocycles. The Hall–Kier alpha value is -1.53. The van der Waals surface area contributed by atoms with Crippen molar-refractivity contribution in [1.29, 1.82) is 5.26 Å². The molecular weight excluding hydrogens is 198 g/mol. The van der Waals surface area contributed by atoms with Gasteiger partial charge in [-0.15, -0.1) is 0 Å². The Labute approximate surface area is 86.5 Å². The van der Waals surface area contributed by atoms with Gasteiger partial charge in [-0.05, 0) is 25.1 Å². The van der Waals surface area contributed by atoms with Crippen molar-refractivity contribution in [2.45, 2.75) is 13.5 Å². The highest BCUT2D eigenvalue weighted by Crippen LogP contribution is 2.23. The smallest absolute Gasteiger partial charge is 0.158 e. The number of fused-ring (bicyclic) bond motifs is 1. The van der Waals surface area contributed by atoms with Crippen LogP contribution in [0, 0.1) is 11.3 Å². The molecule has 70 valence electrons. The number of nitrogens with zero attached hydrogens (tertiary/aromatic N) is 3. The van der Waals surface area contributed by atoms with E-state index in [9.17, 15) is 0 Å². The van der Waals surface area contributed by atoms with Gasteiger partial charge in [-0.25, -0.2) is 0 Å². The van der Waals surface area contributed by atoms with E-state index in [1.165, 1.54) is 0 Å². The summed E-state index contributed by atoms with van der Waals surface area (Å²) in [6.45, 7) is 2.77. The second-order valence-electron chi connectivity index (χ2n) is 2.95. The van der Waals surface area contributed by atoms with E-state index >= 15 is 0 Å². The van der Waals surface area contributed by atoms with Gasteiger partial charge in [0.1, 0.15) is 0 Å². The first kappa shape index (κ1) is 9.04. The summed E-state index contributed by atoms with van der Waals surface area (Å²) in [6.07, 6.45) is 0. The van der Waals surface area contributed by atoms with Crippen molar-refractivity contribution in [3.8, 4) is 6.07 Å². The van der Waals surface area contributed by atoms with Gasteiger partial charge in [0.2, 0.25) is 0 Å². The van der Waals surface area contributed by atoms with E-state index in [0.717, 1.165) is 17.4 Å². The average Bonchev–Trinajstić information content (AvgIpc) is 2.55. The molecule has 0 radical (unpaired) electrons. The van der Waals surface area contributed by atoms with Gasteiger partial charge in [0.25, 0.3) is 0 Å². The molecular formula is C10H8ClN3. The van der Waals surface area contributed by atoms with E-state index in [4.69, 9.17) is 16.9 Å². The highest BCUT2D eigenvalue weighted by Gasteiger charge is 2.07. The van der Waals surface area contributed by atoms with Crippen molar-refractivity contribution >= 4 is 22.5 Å². The Balaban J connectivity index is 2.78. The lowest BCUT2D eigenvalue weighted by atomic mass is 10.2. The maximum Gasteiger partial charge on any atom is 0.158 e. The zero-order chi connectivity index (χ0) is 10.1. The number of aromatic nitrogens is 2. The quantitative estimate of drug-likeness (QED) is 0.718. The Morgan fingerprint density at radius 2 is 2.36 bits per heavy atom. The fraction of sp³-hybridized carbons (Fsp3) is 0.200. The summed E-state index contributed by atoms with van der Waals surface area (Å²) < 4.78 is 1.82. The minimum Gasteiger partial charge on any atom is -0.264 e. The van der Waals surface area contributed by atoms with E-state index in [1.807, 2.05) is 17.7 Å². The number of hydrogen-bond donors (Lipinski definition) is 0. The molecule has 0 saturated heterocycles. The van der Waals surface area contributed by atoms with Crippen LogP contribution in [-0.2, 0) is 6.54 Å². The molecule has 0 unspecified atom stereocenters. The molecule has 2 rings (SSSR count). The number of nitriles is 1. The molecule has 1 heterocycles. The molecule has 14 heavy (non-hydrogen) atoms. The van der Waals surface area contributed by atoms with E-state index in [2.05, 4.69) is 11.2 Å². The first-order valence-electron chi connectivity index (χ1n) is 4.32. The van der Waals surface area contributed by atoms with Crippen LogP contribution in [0.5, 0.6) is 0 Å². The first-order chi connectivity index (χ1) is 6.76. The lowest BCUT2D eigenvalue weighted by Gasteiger charge is -1.96. The van der Waals surface area contributed by atoms with Crippen LogP contribution < -0.4 is 0 Å². The van der Waals surface area contributed by atoms with Crippen LogP contribution in [0.3, 0.4) is 0 Å². The van der Waals surface area contributed by atoms with Gasteiger partial charge in [0, 0.05) is 11.9 Å². The Morgan fingerprint density at radius 1 is 1.57 bits per heavy atom. The van der Waals surface area contributed by atoms with Crippen molar-refractivity contribution in [2.75, 3.05) is 0 Å². The topological polar surface area (TPSA) is 41.6 Å². The summed E-state index contributed by atoms with van der Waals surface area (Å²) in [4.78, 5) is 0. The van der Waals surface area contributed by atoms with Crippen LogP contribution in [0.25, 0.3) is 10.9 Å². The Bertz CT molecular complexity index is 522. The predicted octanol–water partition coefficient (Wildman–Crippen LogP) is 2.58. The van der Waals surface area contributed by atoms with Crippen LogP contribution in [0.4, 0.5) is 0 Å². The molecule has 0 spiro atoms. The molecule has 0 aliphatic carbocycles. The Kier molecular flexibility index (Phi) is 2.14. The highest BCUT2D eigenvalue weighted by atomic mass is 35.5. The normalized spacial score (nSPS) is 10.4. The Morgan fingerprint density at radius 3 is 3.00 bits per heavy atom. The third-order valence-electron chi connectivity index (χ3n) is 2.13. The zero-order valence-electron chi connectivity index (χ0n) is 7.66. The number of halogens is 1. The van der Waals surface area contributed by atoms with Crippen LogP contribution in [0.2, 0.25) is 5.15 Å². The molecule has 0 atom stereocenters. The third-order valence-corrected chi connectivity index (χ3v) is 2.41. The van der Waals surface area contributed by atoms with E-state index in [0.29, 0.717) is 10.7 Å².